The third-order valence-corrected chi connectivity index (χ3v) is 4.72. The summed E-state index contributed by atoms with van der Waals surface area (Å²) in [5.74, 6) is 1.49. The number of aromatic nitrogens is 3. The van der Waals surface area contributed by atoms with E-state index in [1.54, 1.807) is 12.4 Å². The van der Waals surface area contributed by atoms with Crippen LogP contribution in [0.3, 0.4) is 0 Å². The van der Waals surface area contributed by atoms with Crippen LogP contribution in [0.2, 0.25) is 0 Å². The molecule has 0 radical (unpaired) electrons. The Kier molecular flexibility index (Phi) is 4.98. The molecule has 1 aliphatic heterocycles. The highest BCUT2D eigenvalue weighted by Crippen LogP contribution is 2.21. The number of aromatic amines is 1. The van der Waals surface area contributed by atoms with Crippen LogP contribution in [0.15, 0.2) is 53.6 Å². The Morgan fingerprint density at radius 1 is 1.22 bits per heavy atom. The molecule has 138 valence electrons. The third-order valence-electron chi connectivity index (χ3n) is 4.72. The number of nitrogens with zero attached hydrogens (tertiary/aromatic N) is 3. The topological polar surface area (TPSA) is 71.1 Å². The van der Waals surface area contributed by atoms with Crippen LogP contribution in [0.1, 0.15) is 23.7 Å². The van der Waals surface area contributed by atoms with Crippen molar-refractivity contribution in [3.8, 4) is 17.1 Å². The lowest BCUT2D eigenvalue weighted by molar-refractivity contribution is 0.241. The molecular weight excluding hydrogens is 340 g/mol. The average molecular weight is 362 g/mol. The summed E-state index contributed by atoms with van der Waals surface area (Å²) in [6.07, 6.45) is 4.17. The van der Waals surface area contributed by atoms with E-state index >= 15 is 0 Å². The minimum Gasteiger partial charge on any atom is -0.494 e. The van der Waals surface area contributed by atoms with E-state index in [0.29, 0.717) is 19.0 Å². The molecule has 3 aromatic rings. The molecule has 2 aromatic heterocycles. The van der Waals surface area contributed by atoms with Crippen LogP contribution < -0.4 is 10.3 Å². The lowest BCUT2D eigenvalue weighted by Gasteiger charge is -2.27. The Morgan fingerprint density at radius 3 is 2.89 bits per heavy atom. The molecule has 0 bridgehead atoms. The number of pyridine rings is 1. The number of hydrogen-bond acceptors (Lipinski definition) is 5. The molecule has 0 unspecified atom stereocenters. The maximum absolute atomic E-state index is 12.6. The minimum atomic E-state index is -0.0559. The van der Waals surface area contributed by atoms with Gasteiger partial charge in [-0.05, 0) is 36.8 Å². The third kappa shape index (κ3) is 3.90. The van der Waals surface area contributed by atoms with Crippen molar-refractivity contribution < 1.29 is 4.74 Å². The summed E-state index contributed by atoms with van der Waals surface area (Å²) in [6.45, 7) is 4.90. The molecule has 6 heteroatoms. The van der Waals surface area contributed by atoms with Gasteiger partial charge in [-0.2, -0.15) is 0 Å². The lowest BCUT2D eigenvalue weighted by Crippen LogP contribution is -2.35. The molecule has 27 heavy (non-hydrogen) atoms. The van der Waals surface area contributed by atoms with Gasteiger partial charge in [-0.3, -0.25) is 14.7 Å². The number of ether oxygens (including phenoxy) is 1. The van der Waals surface area contributed by atoms with Crippen molar-refractivity contribution in [3.05, 3.63) is 76.0 Å². The smallest absolute Gasteiger partial charge is 0.255 e. The van der Waals surface area contributed by atoms with E-state index in [0.717, 1.165) is 42.1 Å². The van der Waals surface area contributed by atoms with Crippen LogP contribution in [-0.4, -0.2) is 33.0 Å². The van der Waals surface area contributed by atoms with Gasteiger partial charge in [0.1, 0.15) is 11.6 Å². The number of nitrogens with one attached hydrogen (secondary N) is 1. The maximum Gasteiger partial charge on any atom is 0.255 e. The summed E-state index contributed by atoms with van der Waals surface area (Å²) in [4.78, 5) is 26.5. The number of fused-ring (bicyclic) bond motifs is 1. The molecule has 4 rings (SSSR count). The molecular formula is C21H22N4O2. The Morgan fingerprint density at radius 2 is 2.07 bits per heavy atom. The minimum absolute atomic E-state index is 0.0559. The van der Waals surface area contributed by atoms with Gasteiger partial charge >= 0.3 is 0 Å². The molecule has 0 amide bonds. The van der Waals surface area contributed by atoms with Crippen LogP contribution in [0.5, 0.6) is 5.75 Å². The summed E-state index contributed by atoms with van der Waals surface area (Å²) in [6, 6.07) is 11.8. The second kappa shape index (κ2) is 7.72. The summed E-state index contributed by atoms with van der Waals surface area (Å²) >= 11 is 0. The maximum atomic E-state index is 12.6. The second-order valence-electron chi connectivity index (χ2n) is 6.62. The highest BCUT2D eigenvalue weighted by atomic mass is 16.5. The number of benzene rings is 1. The fourth-order valence-electron chi connectivity index (χ4n) is 3.42. The van der Waals surface area contributed by atoms with E-state index in [4.69, 9.17) is 9.72 Å². The Hall–Kier alpha value is -2.99. The summed E-state index contributed by atoms with van der Waals surface area (Å²) in [5.41, 5.74) is 3.66. The first-order valence-electron chi connectivity index (χ1n) is 9.19. The molecule has 3 heterocycles. The van der Waals surface area contributed by atoms with Crippen LogP contribution in [0, 0.1) is 0 Å². The van der Waals surface area contributed by atoms with Gasteiger partial charge in [0.15, 0.2) is 0 Å². The van der Waals surface area contributed by atoms with Gasteiger partial charge in [0, 0.05) is 44.0 Å². The van der Waals surface area contributed by atoms with Crippen molar-refractivity contribution in [3.63, 3.8) is 0 Å². The molecule has 1 aliphatic rings. The number of H-pyrrole nitrogens is 1. The molecule has 0 aliphatic carbocycles. The monoisotopic (exact) mass is 362 g/mol. The van der Waals surface area contributed by atoms with Gasteiger partial charge in [0.2, 0.25) is 0 Å². The highest BCUT2D eigenvalue weighted by Gasteiger charge is 2.21. The van der Waals surface area contributed by atoms with E-state index in [1.807, 2.05) is 31.2 Å². The molecule has 0 atom stereocenters. The standard InChI is InChI=1S/C21H22N4O2/c1-2-27-17-5-3-4-15(12-17)13-25-11-8-19-18(14-25)21(26)24-20(23-19)16-6-9-22-10-7-16/h3-7,9-10,12H,2,8,11,13-14H2,1H3,(H,23,24,26). The van der Waals surface area contributed by atoms with Gasteiger partial charge in [0.05, 0.1) is 17.9 Å². The zero-order valence-corrected chi connectivity index (χ0v) is 15.3. The first-order valence-corrected chi connectivity index (χ1v) is 9.19. The first-order chi connectivity index (χ1) is 13.2. The van der Waals surface area contributed by atoms with Crippen molar-refractivity contribution in [2.45, 2.75) is 26.4 Å². The quantitative estimate of drug-likeness (QED) is 0.756. The Bertz CT molecular complexity index is 985. The van der Waals surface area contributed by atoms with Crippen LogP contribution in [-0.2, 0) is 19.5 Å². The van der Waals surface area contributed by atoms with E-state index < -0.39 is 0 Å². The van der Waals surface area contributed by atoms with Crippen molar-refractivity contribution in [1.29, 1.82) is 0 Å². The highest BCUT2D eigenvalue weighted by molar-refractivity contribution is 5.54. The van der Waals surface area contributed by atoms with E-state index in [2.05, 4.69) is 27.0 Å². The molecule has 0 saturated carbocycles. The molecule has 0 spiro atoms. The molecule has 1 N–H and O–H groups in total. The number of hydrogen-bond donors (Lipinski definition) is 1. The van der Waals surface area contributed by atoms with Gasteiger partial charge < -0.3 is 9.72 Å². The predicted molar refractivity (Wildman–Crippen MR) is 104 cm³/mol. The zero-order valence-electron chi connectivity index (χ0n) is 15.3. The van der Waals surface area contributed by atoms with E-state index in [-0.39, 0.29) is 5.56 Å². The van der Waals surface area contributed by atoms with E-state index in [1.165, 1.54) is 5.56 Å². The first kappa shape index (κ1) is 17.4. The SMILES string of the molecule is CCOc1cccc(CN2CCc3nc(-c4ccncc4)[nH]c(=O)c3C2)c1. The van der Waals surface area contributed by atoms with Crippen molar-refractivity contribution in [1.82, 2.24) is 19.9 Å². The number of rotatable bonds is 5. The predicted octanol–water partition coefficient (Wildman–Crippen LogP) is 2.79. The summed E-state index contributed by atoms with van der Waals surface area (Å²) < 4.78 is 5.58. The molecule has 6 nitrogen and oxygen atoms in total. The van der Waals surface area contributed by atoms with Gasteiger partial charge in [0.25, 0.3) is 5.56 Å². The van der Waals surface area contributed by atoms with Crippen LogP contribution >= 0.6 is 0 Å². The molecule has 0 fully saturated rings. The van der Waals surface area contributed by atoms with Gasteiger partial charge in [-0.15, -0.1) is 0 Å². The van der Waals surface area contributed by atoms with Gasteiger partial charge in [-0.1, -0.05) is 12.1 Å². The lowest BCUT2D eigenvalue weighted by atomic mass is 10.1. The molecule has 1 aromatic carbocycles. The second-order valence-corrected chi connectivity index (χ2v) is 6.62. The van der Waals surface area contributed by atoms with E-state index in [9.17, 15) is 4.79 Å². The zero-order chi connectivity index (χ0) is 18.6. The largest absolute Gasteiger partial charge is 0.494 e. The van der Waals surface area contributed by atoms with Crippen LogP contribution in [0.4, 0.5) is 0 Å². The fourth-order valence-corrected chi connectivity index (χ4v) is 3.42. The Balaban J connectivity index is 1.53. The Labute approximate surface area is 157 Å². The average Bonchev–Trinajstić information content (AvgIpc) is 2.69. The molecule has 0 saturated heterocycles. The van der Waals surface area contributed by atoms with Gasteiger partial charge in [-0.25, -0.2) is 4.98 Å². The normalized spacial score (nSPS) is 14.0. The van der Waals surface area contributed by atoms with Crippen molar-refractivity contribution in [2.24, 2.45) is 0 Å². The summed E-state index contributed by atoms with van der Waals surface area (Å²) in [5, 5.41) is 0. The summed E-state index contributed by atoms with van der Waals surface area (Å²) in [7, 11) is 0. The van der Waals surface area contributed by atoms with Crippen molar-refractivity contribution >= 4 is 0 Å². The van der Waals surface area contributed by atoms with Crippen LogP contribution in [0.25, 0.3) is 11.4 Å². The fraction of sp³-hybridized carbons (Fsp3) is 0.286. The van der Waals surface area contributed by atoms with Crippen molar-refractivity contribution in [2.75, 3.05) is 13.2 Å².